The first kappa shape index (κ1) is 12.7. The number of rotatable bonds is 3. The molecule has 0 radical (unpaired) electrons. The molecule has 7 nitrogen and oxygen atoms in total. The molecule has 0 saturated heterocycles. The third kappa shape index (κ3) is 2.76. The lowest BCUT2D eigenvalue weighted by molar-refractivity contribution is -0.386. The van der Waals surface area contributed by atoms with Crippen LogP contribution < -0.4 is 10.5 Å². The molecule has 1 aromatic carbocycles. The van der Waals surface area contributed by atoms with Crippen LogP contribution in [0.3, 0.4) is 0 Å². The molecule has 2 rings (SSSR count). The standard InChI is InChI=1S/C12H12N4O3/c1-7-4-3-5-9(6-7)19-11-10(16(17)18)8(2)14-12(13)15-11/h3-6H,1-2H3,(H2,13,14,15). The van der Waals surface area contributed by atoms with Crippen LogP contribution in [0.2, 0.25) is 0 Å². The second-order valence-corrected chi connectivity index (χ2v) is 4.00. The average molecular weight is 260 g/mol. The van der Waals surface area contributed by atoms with Crippen LogP contribution in [0.4, 0.5) is 11.6 Å². The van der Waals surface area contributed by atoms with E-state index >= 15 is 0 Å². The first-order valence-electron chi connectivity index (χ1n) is 5.50. The minimum Gasteiger partial charge on any atom is -0.434 e. The van der Waals surface area contributed by atoms with E-state index in [9.17, 15) is 10.1 Å². The van der Waals surface area contributed by atoms with Gasteiger partial charge in [-0.15, -0.1) is 0 Å². The highest BCUT2D eigenvalue weighted by atomic mass is 16.6. The van der Waals surface area contributed by atoms with Gasteiger partial charge in [0, 0.05) is 0 Å². The summed E-state index contributed by atoms with van der Waals surface area (Å²) in [7, 11) is 0. The summed E-state index contributed by atoms with van der Waals surface area (Å²) < 4.78 is 5.44. The van der Waals surface area contributed by atoms with Gasteiger partial charge in [0.25, 0.3) is 0 Å². The first-order chi connectivity index (χ1) is 8.97. The van der Waals surface area contributed by atoms with Gasteiger partial charge in [-0.2, -0.15) is 4.98 Å². The molecular weight excluding hydrogens is 248 g/mol. The van der Waals surface area contributed by atoms with E-state index in [4.69, 9.17) is 10.5 Å². The van der Waals surface area contributed by atoms with Crippen molar-refractivity contribution in [2.24, 2.45) is 0 Å². The molecule has 19 heavy (non-hydrogen) atoms. The smallest absolute Gasteiger partial charge is 0.352 e. The monoisotopic (exact) mass is 260 g/mol. The summed E-state index contributed by atoms with van der Waals surface area (Å²) in [6.45, 7) is 3.38. The van der Waals surface area contributed by atoms with E-state index in [0.717, 1.165) is 5.56 Å². The van der Waals surface area contributed by atoms with Crippen molar-refractivity contribution in [2.75, 3.05) is 5.73 Å². The molecule has 98 valence electrons. The topological polar surface area (TPSA) is 104 Å². The molecule has 0 fully saturated rings. The zero-order valence-corrected chi connectivity index (χ0v) is 10.5. The lowest BCUT2D eigenvalue weighted by Gasteiger charge is -2.07. The van der Waals surface area contributed by atoms with Crippen LogP contribution in [0.15, 0.2) is 24.3 Å². The van der Waals surface area contributed by atoms with E-state index in [2.05, 4.69) is 9.97 Å². The third-order valence-corrected chi connectivity index (χ3v) is 2.43. The Kier molecular flexibility index (Phi) is 3.28. The van der Waals surface area contributed by atoms with E-state index in [0.29, 0.717) is 5.75 Å². The first-order valence-corrected chi connectivity index (χ1v) is 5.50. The fourth-order valence-corrected chi connectivity index (χ4v) is 1.63. The molecule has 0 spiro atoms. The molecule has 0 saturated carbocycles. The number of nitrogens with zero attached hydrogens (tertiary/aromatic N) is 3. The Balaban J connectivity index is 2.47. The van der Waals surface area contributed by atoms with Crippen molar-refractivity contribution >= 4 is 11.6 Å². The Labute approximate surface area is 109 Å². The van der Waals surface area contributed by atoms with Gasteiger partial charge in [-0.05, 0) is 31.5 Å². The van der Waals surface area contributed by atoms with Crippen LogP contribution in [0.5, 0.6) is 11.6 Å². The van der Waals surface area contributed by atoms with Crippen molar-refractivity contribution in [1.29, 1.82) is 0 Å². The molecule has 0 aliphatic carbocycles. The van der Waals surface area contributed by atoms with Gasteiger partial charge in [-0.1, -0.05) is 12.1 Å². The van der Waals surface area contributed by atoms with E-state index in [1.54, 1.807) is 18.2 Å². The third-order valence-electron chi connectivity index (χ3n) is 2.43. The van der Waals surface area contributed by atoms with Crippen molar-refractivity contribution in [3.63, 3.8) is 0 Å². The van der Waals surface area contributed by atoms with E-state index in [1.165, 1.54) is 6.92 Å². The van der Waals surface area contributed by atoms with Crippen LogP contribution in [0.25, 0.3) is 0 Å². The van der Waals surface area contributed by atoms with Gasteiger partial charge in [0.05, 0.1) is 4.92 Å². The molecule has 1 aromatic heterocycles. The second kappa shape index (κ2) is 4.89. The number of nitrogens with two attached hydrogens (primary N) is 1. The normalized spacial score (nSPS) is 10.2. The second-order valence-electron chi connectivity index (χ2n) is 4.00. The number of nitro groups is 1. The number of anilines is 1. The number of hydrogen-bond donors (Lipinski definition) is 1. The summed E-state index contributed by atoms with van der Waals surface area (Å²) in [4.78, 5) is 18.0. The maximum atomic E-state index is 11.0. The highest BCUT2D eigenvalue weighted by Gasteiger charge is 2.23. The molecule has 0 amide bonds. The number of nitrogen functional groups attached to an aromatic ring is 1. The Morgan fingerprint density at radius 3 is 2.68 bits per heavy atom. The molecule has 7 heteroatoms. The molecule has 0 bridgehead atoms. The Morgan fingerprint density at radius 1 is 1.32 bits per heavy atom. The van der Waals surface area contributed by atoms with Crippen molar-refractivity contribution in [2.45, 2.75) is 13.8 Å². The molecule has 0 atom stereocenters. The zero-order chi connectivity index (χ0) is 14.0. The predicted octanol–water partition coefficient (Wildman–Crippen LogP) is 2.38. The molecular formula is C12H12N4O3. The van der Waals surface area contributed by atoms with E-state index < -0.39 is 4.92 Å². The minimum absolute atomic E-state index is 0.0641. The summed E-state index contributed by atoms with van der Waals surface area (Å²) in [5.41, 5.74) is 6.34. The van der Waals surface area contributed by atoms with Gasteiger partial charge in [0.1, 0.15) is 11.4 Å². The molecule has 0 unspecified atom stereocenters. The largest absolute Gasteiger partial charge is 0.434 e. The van der Waals surface area contributed by atoms with E-state index in [1.807, 2.05) is 13.0 Å². The summed E-state index contributed by atoms with van der Waals surface area (Å²) in [5.74, 6) is 0.243. The number of aryl methyl sites for hydroxylation is 2. The minimum atomic E-state index is -0.583. The van der Waals surface area contributed by atoms with Gasteiger partial charge in [-0.3, -0.25) is 10.1 Å². The number of hydrogen-bond acceptors (Lipinski definition) is 6. The zero-order valence-electron chi connectivity index (χ0n) is 10.5. The van der Waals surface area contributed by atoms with Crippen molar-refractivity contribution in [3.05, 3.63) is 45.6 Å². The number of benzene rings is 1. The number of ether oxygens (including phenoxy) is 1. The number of aromatic nitrogens is 2. The summed E-state index contributed by atoms with van der Waals surface area (Å²) in [6, 6.07) is 7.11. The molecule has 0 aliphatic rings. The van der Waals surface area contributed by atoms with Crippen LogP contribution in [0.1, 0.15) is 11.3 Å². The van der Waals surface area contributed by atoms with E-state index in [-0.39, 0.29) is 23.2 Å². The van der Waals surface area contributed by atoms with Crippen LogP contribution >= 0.6 is 0 Å². The molecule has 1 heterocycles. The average Bonchev–Trinajstić information content (AvgIpc) is 2.26. The molecule has 0 aliphatic heterocycles. The fourth-order valence-electron chi connectivity index (χ4n) is 1.63. The lowest BCUT2D eigenvalue weighted by Crippen LogP contribution is -2.04. The van der Waals surface area contributed by atoms with Crippen LogP contribution in [-0.2, 0) is 0 Å². The van der Waals surface area contributed by atoms with Crippen molar-refractivity contribution in [3.8, 4) is 11.6 Å². The summed E-state index contributed by atoms with van der Waals surface area (Å²) in [6.07, 6.45) is 0. The maximum Gasteiger partial charge on any atom is 0.352 e. The molecule has 2 aromatic rings. The highest BCUT2D eigenvalue weighted by Crippen LogP contribution is 2.32. The maximum absolute atomic E-state index is 11.0. The summed E-state index contributed by atoms with van der Waals surface area (Å²) in [5, 5.41) is 11.0. The SMILES string of the molecule is Cc1cccc(Oc2nc(N)nc(C)c2[N+](=O)[O-])c1. The lowest BCUT2D eigenvalue weighted by atomic mass is 10.2. The van der Waals surface area contributed by atoms with Gasteiger partial charge in [0.2, 0.25) is 5.95 Å². The van der Waals surface area contributed by atoms with Crippen molar-refractivity contribution in [1.82, 2.24) is 9.97 Å². The highest BCUT2D eigenvalue weighted by molar-refractivity contribution is 5.49. The van der Waals surface area contributed by atoms with Gasteiger partial charge < -0.3 is 10.5 Å². The Bertz CT molecular complexity index is 643. The molecule has 2 N–H and O–H groups in total. The quantitative estimate of drug-likeness (QED) is 0.671. The Hall–Kier alpha value is -2.70. The van der Waals surface area contributed by atoms with Gasteiger partial charge in [-0.25, -0.2) is 4.98 Å². The fraction of sp³-hybridized carbons (Fsp3) is 0.167. The van der Waals surface area contributed by atoms with Crippen LogP contribution in [0, 0.1) is 24.0 Å². The van der Waals surface area contributed by atoms with Gasteiger partial charge >= 0.3 is 11.6 Å². The van der Waals surface area contributed by atoms with Gasteiger partial charge in [0.15, 0.2) is 0 Å². The summed E-state index contributed by atoms with van der Waals surface area (Å²) >= 11 is 0. The Morgan fingerprint density at radius 2 is 2.05 bits per heavy atom. The van der Waals surface area contributed by atoms with Crippen LogP contribution in [-0.4, -0.2) is 14.9 Å². The predicted molar refractivity (Wildman–Crippen MR) is 69.1 cm³/mol. The van der Waals surface area contributed by atoms with Crippen molar-refractivity contribution < 1.29 is 9.66 Å².